The topological polar surface area (TPSA) is 175 Å². The summed E-state index contributed by atoms with van der Waals surface area (Å²) in [4.78, 5) is 23.0. The Morgan fingerprint density at radius 3 is 2.39 bits per heavy atom. The van der Waals surface area contributed by atoms with Gasteiger partial charge in [0.15, 0.2) is 22.3 Å². The number of sulfonamides is 1. The molecule has 296 valence electrons. The fraction of sp³-hybridized carbons (Fsp3) is 0.324. The second-order valence-corrected chi connectivity index (χ2v) is 16.3. The minimum Gasteiger partial charge on any atom is -0.346 e. The minimum absolute atomic E-state index is 0.000327. The number of hydrazine groups is 1. The maximum absolute atomic E-state index is 15.6. The highest BCUT2D eigenvalue weighted by Gasteiger charge is 2.57. The van der Waals surface area contributed by atoms with Crippen molar-refractivity contribution in [3.8, 4) is 11.1 Å². The summed E-state index contributed by atoms with van der Waals surface area (Å²) >= 11 is 1.10. The van der Waals surface area contributed by atoms with Gasteiger partial charge in [0.2, 0.25) is 15.9 Å². The molecule has 1 amide bonds. The number of aromatic nitrogens is 6. The lowest BCUT2D eigenvalue weighted by atomic mass is 9.94. The third-order valence-electron chi connectivity index (χ3n) is 9.64. The molecule has 0 bridgehead atoms. The second-order valence-electron chi connectivity index (χ2n) is 13.5. The molecule has 0 fully saturated rings. The molecule has 0 aliphatic heterocycles. The number of hydrogen-bond acceptors (Lipinski definition) is 10. The van der Waals surface area contributed by atoms with E-state index in [-0.39, 0.29) is 34.3 Å². The fourth-order valence-corrected chi connectivity index (χ4v) is 8.41. The van der Waals surface area contributed by atoms with Crippen LogP contribution in [0.3, 0.4) is 0 Å². The van der Waals surface area contributed by atoms with E-state index in [9.17, 15) is 35.2 Å². The molecule has 0 radical (unpaired) electrons. The van der Waals surface area contributed by atoms with Gasteiger partial charge < -0.3 is 5.32 Å². The van der Waals surface area contributed by atoms with Gasteiger partial charge >= 0.3 is 6.18 Å². The fourth-order valence-electron chi connectivity index (χ4n) is 7.14. The van der Waals surface area contributed by atoms with E-state index < -0.39 is 81.0 Å². The Hall–Kier alpha value is -5.35. The van der Waals surface area contributed by atoms with E-state index in [0.29, 0.717) is 37.5 Å². The van der Waals surface area contributed by atoms with Crippen LogP contribution in [0.25, 0.3) is 32.4 Å². The number of amides is 1. The number of aryl methyl sites for hydroxylation is 1. The molecule has 3 atom stereocenters. The van der Waals surface area contributed by atoms with Gasteiger partial charge in [0.05, 0.1) is 28.2 Å². The Kier molecular flexibility index (Phi) is 9.51. The molecule has 22 heteroatoms. The summed E-state index contributed by atoms with van der Waals surface area (Å²) in [6.07, 6.45) is -4.52. The number of nitrogens with zero attached hydrogens (tertiary/aromatic N) is 6. The van der Waals surface area contributed by atoms with Gasteiger partial charge in [0.25, 0.3) is 5.92 Å². The average molecular weight is 825 g/mol. The Morgan fingerprint density at radius 1 is 1.05 bits per heavy atom. The van der Waals surface area contributed by atoms with Crippen LogP contribution in [-0.2, 0) is 46.9 Å². The molecule has 4 aromatic heterocycles. The highest BCUT2D eigenvalue weighted by molar-refractivity contribution is 7.92. The Bertz CT molecular complexity index is 2640. The van der Waals surface area contributed by atoms with Gasteiger partial charge in [-0.2, -0.15) is 37.1 Å². The van der Waals surface area contributed by atoms with E-state index in [1.807, 2.05) is 0 Å². The molecular formula is C34H31F7N10O3S2. The largest absolute Gasteiger partial charge is 0.435 e. The lowest BCUT2D eigenvalue weighted by molar-refractivity contribution is -0.143. The summed E-state index contributed by atoms with van der Waals surface area (Å²) in [5.41, 5.74) is 0.415. The van der Waals surface area contributed by atoms with Gasteiger partial charge in [-0.05, 0) is 42.2 Å². The number of nitrogens with one attached hydrogen (secondary N) is 3. The summed E-state index contributed by atoms with van der Waals surface area (Å²) in [5.74, 6) is -3.90. The number of pyridine rings is 1. The number of nitrogens with two attached hydrogens (primary N) is 1. The van der Waals surface area contributed by atoms with Crippen LogP contribution in [0.5, 0.6) is 0 Å². The van der Waals surface area contributed by atoms with E-state index in [2.05, 4.69) is 30.6 Å². The molecular weight excluding hydrogens is 794 g/mol. The normalized spacial score (nSPS) is 17.4. The van der Waals surface area contributed by atoms with Crippen molar-refractivity contribution >= 4 is 59.5 Å². The maximum Gasteiger partial charge on any atom is 0.435 e. The standard InChI is InChI=1S/C34H31F7N10O3S2/c1-14-15(2)33(37,38)29-25(14)28(34(39,40)41)47-51(29)13-24(52)43-22(10-16-8-17(35)11-18(36)9-16)26-21(12-23-31(44-26)45-32(46-42)55-23)19-6-5-7-20-27(19)50(3)48-30(20)49-56(4,53)54/h5-9,11-12,14-15,22H,10,13,42H2,1-4H3,(H,43,52)(H,48,49)(H,44,45,46)/t14-,15+,22?/m0/s1. The first-order valence-corrected chi connectivity index (χ1v) is 19.4. The quantitative estimate of drug-likeness (QED) is 0.0698. The molecule has 1 unspecified atom stereocenters. The third-order valence-corrected chi connectivity index (χ3v) is 11.1. The number of thiazole rings is 1. The van der Waals surface area contributed by atoms with Crippen LogP contribution in [0.2, 0.25) is 0 Å². The molecule has 0 saturated heterocycles. The van der Waals surface area contributed by atoms with Crippen molar-refractivity contribution in [2.24, 2.45) is 18.8 Å². The van der Waals surface area contributed by atoms with E-state index >= 15 is 8.78 Å². The number of rotatable bonds is 10. The van der Waals surface area contributed by atoms with Crippen molar-refractivity contribution < 1.29 is 43.9 Å². The van der Waals surface area contributed by atoms with Crippen LogP contribution in [0.1, 0.15) is 54.0 Å². The smallest absolute Gasteiger partial charge is 0.346 e. The summed E-state index contributed by atoms with van der Waals surface area (Å²) in [6.45, 7) is 1.25. The second kappa shape index (κ2) is 13.7. The van der Waals surface area contributed by atoms with Gasteiger partial charge in [-0.25, -0.2) is 28.0 Å². The average Bonchev–Trinajstić information content (AvgIpc) is 3.81. The van der Waals surface area contributed by atoms with Crippen molar-refractivity contribution in [3.63, 3.8) is 0 Å². The first kappa shape index (κ1) is 38.9. The number of carbonyl (C=O) groups is 1. The lowest BCUT2D eigenvalue weighted by Gasteiger charge is -2.23. The van der Waals surface area contributed by atoms with Gasteiger partial charge in [-0.3, -0.25) is 24.3 Å². The zero-order valence-corrected chi connectivity index (χ0v) is 31.3. The van der Waals surface area contributed by atoms with Crippen LogP contribution in [0.15, 0.2) is 42.5 Å². The predicted molar refractivity (Wildman–Crippen MR) is 193 cm³/mol. The number of halogens is 7. The molecule has 1 aliphatic carbocycles. The summed E-state index contributed by atoms with van der Waals surface area (Å²) in [7, 11) is -2.22. The molecule has 4 heterocycles. The zero-order chi connectivity index (χ0) is 40.6. The van der Waals surface area contributed by atoms with Gasteiger partial charge in [-0.15, -0.1) is 0 Å². The Balaban J connectivity index is 1.40. The van der Waals surface area contributed by atoms with Gasteiger partial charge in [0.1, 0.15) is 23.9 Å². The van der Waals surface area contributed by atoms with Gasteiger partial charge in [-0.1, -0.05) is 37.3 Å². The molecule has 56 heavy (non-hydrogen) atoms. The summed E-state index contributed by atoms with van der Waals surface area (Å²) < 4.78 is 131. The number of alkyl halides is 5. The van der Waals surface area contributed by atoms with Crippen LogP contribution < -0.4 is 21.3 Å². The molecule has 13 nitrogen and oxygen atoms in total. The Morgan fingerprint density at radius 2 is 1.75 bits per heavy atom. The highest BCUT2D eigenvalue weighted by atomic mass is 32.2. The third kappa shape index (κ3) is 7.00. The van der Waals surface area contributed by atoms with Crippen molar-refractivity contribution in [2.45, 2.75) is 50.9 Å². The Labute approximate surface area is 317 Å². The van der Waals surface area contributed by atoms with Crippen LogP contribution >= 0.6 is 11.3 Å². The molecule has 0 spiro atoms. The number of benzene rings is 2. The van der Waals surface area contributed by atoms with Crippen LogP contribution in [0.4, 0.5) is 41.7 Å². The monoisotopic (exact) mass is 824 g/mol. The van der Waals surface area contributed by atoms with Crippen LogP contribution in [0, 0.1) is 17.6 Å². The summed E-state index contributed by atoms with van der Waals surface area (Å²) in [6, 6.07) is 7.81. The van der Waals surface area contributed by atoms with E-state index in [0.717, 1.165) is 36.6 Å². The van der Waals surface area contributed by atoms with Crippen molar-refractivity contribution in [3.05, 3.63) is 82.3 Å². The molecule has 0 saturated carbocycles. The van der Waals surface area contributed by atoms with Crippen molar-refractivity contribution in [1.82, 2.24) is 34.8 Å². The predicted octanol–water partition coefficient (Wildman–Crippen LogP) is 6.34. The number of nitrogen functional groups attached to an aromatic ring is 1. The maximum atomic E-state index is 15.6. The van der Waals surface area contributed by atoms with E-state index in [1.54, 1.807) is 31.3 Å². The summed E-state index contributed by atoms with van der Waals surface area (Å²) in [5, 5.41) is 11.0. The number of anilines is 2. The minimum atomic E-state index is -5.10. The number of para-hydroxylation sites is 1. The zero-order valence-electron chi connectivity index (χ0n) is 29.6. The highest BCUT2D eigenvalue weighted by Crippen LogP contribution is 2.55. The molecule has 2 aromatic carbocycles. The molecule has 1 aliphatic rings. The molecule has 7 rings (SSSR count). The van der Waals surface area contributed by atoms with E-state index in [4.69, 9.17) is 10.8 Å². The molecule has 5 N–H and O–H groups in total. The first-order valence-electron chi connectivity index (χ1n) is 16.7. The van der Waals surface area contributed by atoms with Crippen molar-refractivity contribution in [1.29, 1.82) is 0 Å². The van der Waals surface area contributed by atoms with E-state index in [1.165, 1.54) is 11.6 Å². The first-order chi connectivity index (χ1) is 26.2. The number of carbonyl (C=O) groups excluding carboxylic acids is 1. The van der Waals surface area contributed by atoms with Gasteiger partial charge in [0, 0.05) is 41.1 Å². The van der Waals surface area contributed by atoms with Crippen molar-refractivity contribution in [2.75, 3.05) is 16.4 Å². The molecule has 6 aromatic rings. The van der Waals surface area contributed by atoms with Crippen LogP contribution in [-0.4, -0.2) is 50.1 Å². The SMILES string of the molecule is C[C@@H]1c2c(C(F)(F)F)nn(CC(=O)NC(Cc3cc(F)cc(F)c3)c3nc4nc(NN)sc4cc3-c3cccc4c(NS(C)(=O)=O)nn(C)c34)c2C(F)(F)[C@@H]1C. The number of hydrogen-bond donors (Lipinski definition) is 4. The number of fused-ring (bicyclic) bond motifs is 3. The lowest BCUT2D eigenvalue weighted by Crippen LogP contribution is -2.35.